The van der Waals surface area contributed by atoms with Crippen molar-refractivity contribution in [3.8, 4) is 0 Å². The predicted molar refractivity (Wildman–Crippen MR) is 56.5 cm³/mol. The van der Waals surface area contributed by atoms with Crippen LogP contribution in [-0.4, -0.2) is 35.3 Å². The Balaban J connectivity index is 2.00. The molecule has 0 atom stereocenters. The van der Waals surface area contributed by atoms with Gasteiger partial charge in [-0.1, -0.05) is 0 Å². The highest BCUT2D eigenvalue weighted by Crippen LogP contribution is 2.16. The molecule has 0 bridgehead atoms. The maximum atomic E-state index is 11.5. The highest BCUT2D eigenvalue weighted by Gasteiger charge is 2.15. The first kappa shape index (κ1) is 11.2. The monoisotopic (exact) mass is 238 g/mol. The van der Waals surface area contributed by atoms with Gasteiger partial charge in [-0.2, -0.15) is 0 Å². The molecular formula is C10H10N2O5. The van der Waals surface area contributed by atoms with Crippen molar-refractivity contribution in [3.05, 3.63) is 24.1 Å². The van der Waals surface area contributed by atoms with Crippen LogP contribution in [0.1, 0.15) is 10.5 Å². The van der Waals surface area contributed by atoms with Gasteiger partial charge in [-0.3, -0.25) is 0 Å². The van der Waals surface area contributed by atoms with Crippen LogP contribution in [0.15, 0.2) is 22.8 Å². The highest BCUT2D eigenvalue weighted by molar-refractivity contribution is 5.98. The molecule has 0 aliphatic heterocycles. The number of alkyl carbamates (subject to hydrolysis) is 1. The third-order valence-electron chi connectivity index (χ3n) is 2.03. The second-order valence-electron chi connectivity index (χ2n) is 3.21. The second-order valence-corrected chi connectivity index (χ2v) is 3.21. The van der Waals surface area contributed by atoms with E-state index >= 15 is 0 Å². The first-order valence-electron chi connectivity index (χ1n) is 4.88. The third-order valence-corrected chi connectivity index (χ3v) is 2.03. The Hall–Kier alpha value is -2.28. The van der Waals surface area contributed by atoms with Crippen LogP contribution < -0.4 is 5.32 Å². The number of carbonyl (C=O) groups excluding carboxylic acids is 2. The van der Waals surface area contributed by atoms with Gasteiger partial charge < -0.3 is 24.6 Å². The van der Waals surface area contributed by atoms with Crippen LogP contribution in [0.25, 0.3) is 11.1 Å². The number of fused-ring (bicyclic) bond motifs is 1. The topological polar surface area (TPSA) is 105 Å². The molecule has 0 spiro atoms. The molecule has 0 radical (unpaired) electrons. The Kier molecular flexibility index (Phi) is 3.10. The van der Waals surface area contributed by atoms with Crippen LogP contribution >= 0.6 is 0 Å². The molecule has 7 heteroatoms. The van der Waals surface area contributed by atoms with E-state index < -0.39 is 12.1 Å². The van der Waals surface area contributed by atoms with E-state index in [1.165, 1.54) is 12.3 Å². The van der Waals surface area contributed by atoms with E-state index in [1.54, 1.807) is 6.07 Å². The van der Waals surface area contributed by atoms with Crippen LogP contribution in [0.2, 0.25) is 0 Å². The van der Waals surface area contributed by atoms with Crippen molar-refractivity contribution in [1.29, 1.82) is 0 Å². The minimum Gasteiger partial charge on any atom is -0.463 e. The summed E-state index contributed by atoms with van der Waals surface area (Å²) in [6.07, 6.45) is 0.569. The smallest absolute Gasteiger partial charge is 0.415 e. The van der Waals surface area contributed by atoms with Crippen molar-refractivity contribution >= 4 is 23.2 Å². The summed E-state index contributed by atoms with van der Waals surface area (Å²) >= 11 is 0. The van der Waals surface area contributed by atoms with Gasteiger partial charge in [0.1, 0.15) is 5.69 Å². The molecule has 2 aromatic rings. The predicted octanol–water partition coefficient (Wildman–Crippen LogP) is 0.620. The largest absolute Gasteiger partial charge is 0.463 e. The van der Waals surface area contributed by atoms with Crippen molar-refractivity contribution in [2.24, 2.45) is 0 Å². The summed E-state index contributed by atoms with van der Waals surface area (Å²) in [5, 5.41) is 10.7. The fourth-order valence-electron chi connectivity index (χ4n) is 1.29. The van der Waals surface area contributed by atoms with Gasteiger partial charge >= 0.3 is 12.1 Å². The lowest BCUT2D eigenvalue weighted by atomic mass is 10.4. The van der Waals surface area contributed by atoms with Crippen molar-refractivity contribution in [2.45, 2.75) is 0 Å². The number of carbonyl (C=O) groups is 2. The van der Waals surface area contributed by atoms with Crippen LogP contribution in [-0.2, 0) is 4.74 Å². The number of aliphatic hydroxyl groups is 1. The summed E-state index contributed by atoms with van der Waals surface area (Å²) in [7, 11) is 0. The SMILES string of the molecule is O=C(NCCO)OC(=O)c1cc2occc2[nH]1. The number of nitrogens with one attached hydrogen (secondary N) is 2. The van der Waals surface area contributed by atoms with Gasteiger partial charge in [0, 0.05) is 18.7 Å². The number of esters is 1. The third kappa shape index (κ3) is 2.45. The molecule has 17 heavy (non-hydrogen) atoms. The van der Waals surface area contributed by atoms with E-state index in [0.717, 1.165) is 0 Å². The Labute approximate surface area is 95.4 Å². The molecule has 90 valence electrons. The number of hydrogen-bond donors (Lipinski definition) is 3. The van der Waals surface area contributed by atoms with E-state index in [-0.39, 0.29) is 18.8 Å². The molecule has 2 aromatic heterocycles. The molecule has 0 unspecified atom stereocenters. The summed E-state index contributed by atoms with van der Waals surface area (Å²) in [4.78, 5) is 25.2. The Morgan fingerprint density at radius 1 is 1.53 bits per heavy atom. The fourth-order valence-corrected chi connectivity index (χ4v) is 1.29. The Morgan fingerprint density at radius 3 is 3.06 bits per heavy atom. The number of aromatic amines is 1. The van der Waals surface area contributed by atoms with Gasteiger partial charge in [0.2, 0.25) is 0 Å². The molecule has 1 amide bonds. The lowest BCUT2D eigenvalue weighted by Crippen LogP contribution is -2.29. The minimum absolute atomic E-state index is 0.0270. The number of aliphatic hydroxyl groups excluding tert-OH is 1. The molecule has 3 N–H and O–H groups in total. The Bertz CT molecular complexity index is 513. The molecule has 7 nitrogen and oxygen atoms in total. The fraction of sp³-hybridized carbons (Fsp3) is 0.200. The summed E-state index contributed by atoms with van der Waals surface area (Å²) < 4.78 is 9.51. The van der Waals surface area contributed by atoms with Gasteiger partial charge in [-0.15, -0.1) is 0 Å². The van der Waals surface area contributed by atoms with E-state index in [9.17, 15) is 9.59 Å². The normalized spacial score (nSPS) is 10.4. The maximum absolute atomic E-state index is 11.5. The standard InChI is InChI=1S/C10H10N2O5/c13-3-2-11-10(15)17-9(14)7-5-8-6(12-7)1-4-16-8/h1,4-5,12-13H,2-3H2,(H,11,15). The molecule has 2 heterocycles. The Morgan fingerprint density at radius 2 is 2.35 bits per heavy atom. The molecule has 0 saturated heterocycles. The first-order valence-corrected chi connectivity index (χ1v) is 4.88. The first-order chi connectivity index (χ1) is 8.20. The average Bonchev–Trinajstić information content (AvgIpc) is 2.86. The van der Waals surface area contributed by atoms with E-state index in [2.05, 4.69) is 15.0 Å². The zero-order chi connectivity index (χ0) is 12.3. The maximum Gasteiger partial charge on any atom is 0.415 e. The van der Waals surface area contributed by atoms with Crippen LogP contribution in [0.3, 0.4) is 0 Å². The molecule has 0 fully saturated rings. The lowest BCUT2D eigenvalue weighted by molar-refractivity contribution is 0.0614. The van der Waals surface area contributed by atoms with E-state index in [0.29, 0.717) is 11.1 Å². The molecule has 0 aliphatic rings. The molecular weight excluding hydrogens is 228 g/mol. The zero-order valence-corrected chi connectivity index (χ0v) is 8.73. The van der Waals surface area contributed by atoms with Crippen molar-refractivity contribution in [2.75, 3.05) is 13.2 Å². The number of aromatic nitrogens is 1. The molecule has 0 aliphatic carbocycles. The van der Waals surface area contributed by atoms with Crippen molar-refractivity contribution < 1.29 is 23.8 Å². The van der Waals surface area contributed by atoms with E-state index in [4.69, 9.17) is 9.52 Å². The zero-order valence-electron chi connectivity index (χ0n) is 8.73. The summed E-state index contributed by atoms with van der Waals surface area (Å²) in [5.74, 6) is -0.813. The van der Waals surface area contributed by atoms with E-state index in [1.807, 2.05) is 0 Å². The second kappa shape index (κ2) is 4.71. The minimum atomic E-state index is -0.907. The molecule has 0 saturated carbocycles. The molecule has 0 aromatic carbocycles. The average molecular weight is 238 g/mol. The van der Waals surface area contributed by atoms with Crippen LogP contribution in [0, 0.1) is 0 Å². The number of amides is 1. The summed E-state index contributed by atoms with van der Waals surface area (Å²) in [5.41, 5.74) is 1.28. The van der Waals surface area contributed by atoms with Gasteiger partial charge in [-0.25, -0.2) is 9.59 Å². The molecule has 2 rings (SSSR count). The quantitative estimate of drug-likeness (QED) is 0.537. The number of ether oxygens (including phenoxy) is 1. The van der Waals surface area contributed by atoms with Gasteiger partial charge in [0.25, 0.3) is 0 Å². The lowest BCUT2D eigenvalue weighted by Gasteiger charge is -2.02. The van der Waals surface area contributed by atoms with Crippen LogP contribution in [0.4, 0.5) is 4.79 Å². The highest BCUT2D eigenvalue weighted by atomic mass is 16.6. The number of rotatable bonds is 3. The van der Waals surface area contributed by atoms with Crippen molar-refractivity contribution in [3.63, 3.8) is 0 Å². The van der Waals surface area contributed by atoms with Gasteiger partial charge in [0.15, 0.2) is 5.58 Å². The van der Waals surface area contributed by atoms with Crippen molar-refractivity contribution in [1.82, 2.24) is 10.3 Å². The van der Waals surface area contributed by atoms with Gasteiger partial charge in [0.05, 0.1) is 18.4 Å². The number of furan rings is 1. The van der Waals surface area contributed by atoms with Crippen LogP contribution in [0.5, 0.6) is 0 Å². The number of H-pyrrole nitrogens is 1. The van der Waals surface area contributed by atoms with Gasteiger partial charge in [-0.05, 0) is 0 Å². The summed E-state index contributed by atoms with van der Waals surface area (Å²) in [6, 6.07) is 3.09. The summed E-state index contributed by atoms with van der Waals surface area (Å²) in [6.45, 7) is -0.197. The number of hydrogen-bond acceptors (Lipinski definition) is 5.